The summed E-state index contributed by atoms with van der Waals surface area (Å²) in [5, 5.41) is 8.76. The van der Waals surface area contributed by atoms with Gasteiger partial charge in [-0.05, 0) is 25.8 Å². The highest BCUT2D eigenvalue weighted by Gasteiger charge is 2.27. The SMILES string of the molecule is CCN(CCCO)C1CCCC1N. The standard InChI is InChI=1S/C10H22N2O/c1-2-12(7-4-8-13)10-6-3-5-9(10)11/h9-10,13H,2-8,11H2,1H3. The van der Waals surface area contributed by atoms with Gasteiger partial charge in [0, 0.05) is 25.2 Å². The molecule has 3 heteroatoms. The van der Waals surface area contributed by atoms with E-state index in [1.54, 1.807) is 0 Å². The quantitative estimate of drug-likeness (QED) is 0.660. The second kappa shape index (κ2) is 5.58. The van der Waals surface area contributed by atoms with E-state index in [1.165, 1.54) is 19.3 Å². The summed E-state index contributed by atoms with van der Waals surface area (Å²) < 4.78 is 0. The van der Waals surface area contributed by atoms with Crippen LogP contribution in [-0.2, 0) is 0 Å². The highest BCUT2D eigenvalue weighted by atomic mass is 16.3. The number of hydrogen-bond donors (Lipinski definition) is 2. The summed E-state index contributed by atoms with van der Waals surface area (Å²) in [7, 11) is 0. The van der Waals surface area contributed by atoms with Crippen LogP contribution in [0, 0.1) is 0 Å². The van der Waals surface area contributed by atoms with E-state index < -0.39 is 0 Å². The largest absolute Gasteiger partial charge is 0.396 e. The zero-order valence-corrected chi connectivity index (χ0v) is 8.58. The Labute approximate surface area is 80.9 Å². The molecule has 0 aromatic carbocycles. The van der Waals surface area contributed by atoms with Crippen molar-refractivity contribution in [3.05, 3.63) is 0 Å². The summed E-state index contributed by atoms with van der Waals surface area (Å²) in [6, 6.07) is 0.926. The lowest BCUT2D eigenvalue weighted by Gasteiger charge is -2.30. The first-order valence-electron chi connectivity index (χ1n) is 5.40. The maximum absolute atomic E-state index is 8.76. The van der Waals surface area contributed by atoms with Crippen molar-refractivity contribution < 1.29 is 5.11 Å². The van der Waals surface area contributed by atoms with Crippen LogP contribution in [0.3, 0.4) is 0 Å². The van der Waals surface area contributed by atoms with E-state index in [-0.39, 0.29) is 0 Å². The molecule has 3 N–H and O–H groups in total. The van der Waals surface area contributed by atoms with Gasteiger partial charge in [-0.3, -0.25) is 4.90 Å². The molecule has 0 radical (unpaired) electrons. The Kier molecular flexibility index (Phi) is 4.70. The summed E-state index contributed by atoms with van der Waals surface area (Å²) in [6.07, 6.45) is 4.54. The van der Waals surface area contributed by atoms with Gasteiger partial charge in [-0.15, -0.1) is 0 Å². The summed E-state index contributed by atoms with van der Waals surface area (Å²) in [6.45, 7) is 4.50. The molecule has 1 rings (SSSR count). The van der Waals surface area contributed by atoms with Crippen LogP contribution in [0.1, 0.15) is 32.6 Å². The zero-order chi connectivity index (χ0) is 9.68. The fourth-order valence-corrected chi connectivity index (χ4v) is 2.25. The first-order chi connectivity index (χ1) is 6.29. The Morgan fingerprint density at radius 1 is 1.46 bits per heavy atom. The van der Waals surface area contributed by atoms with Gasteiger partial charge in [0.25, 0.3) is 0 Å². The minimum atomic E-state index is 0.290. The van der Waals surface area contributed by atoms with Gasteiger partial charge in [-0.25, -0.2) is 0 Å². The highest BCUT2D eigenvalue weighted by molar-refractivity contribution is 4.87. The second-order valence-electron chi connectivity index (χ2n) is 3.87. The molecule has 0 spiro atoms. The highest BCUT2D eigenvalue weighted by Crippen LogP contribution is 2.22. The maximum Gasteiger partial charge on any atom is 0.0443 e. The Hall–Kier alpha value is -0.120. The van der Waals surface area contributed by atoms with Crippen molar-refractivity contribution in [2.24, 2.45) is 5.73 Å². The minimum absolute atomic E-state index is 0.290. The summed E-state index contributed by atoms with van der Waals surface area (Å²) in [4.78, 5) is 2.41. The number of nitrogens with two attached hydrogens (primary N) is 1. The van der Waals surface area contributed by atoms with E-state index in [4.69, 9.17) is 10.8 Å². The number of aliphatic hydroxyl groups excluding tert-OH is 1. The number of likely N-dealkylation sites (N-methyl/N-ethyl adjacent to an activating group) is 1. The van der Waals surface area contributed by atoms with Crippen molar-refractivity contribution in [1.82, 2.24) is 4.90 Å². The smallest absolute Gasteiger partial charge is 0.0443 e. The van der Waals surface area contributed by atoms with Gasteiger partial charge in [0.15, 0.2) is 0 Å². The van der Waals surface area contributed by atoms with Crippen LogP contribution in [-0.4, -0.2) is 41.8 Å². The molecule has 0 amide bonds. The second-order valence-corrected chi connectivity index (χ2v) is 3.87. The summed E-state index contributed by atoms with van der Waals surface area (Å²) >= 11 is 0. The van der Waals surface area contributed by atoms with E-state index >= 15 is 0 Å². The van der Waals surface area contributed by atoms with Gasteiger partial charge in [-0.1, -0.05) is 13.3 Å². The molecule has 0 aromatic heterocycles. The van der Waals surface area contributed by atoms with Gasteiger partial charge in [0.1, 0.15) is 0 Å². The van der Waals surface area contributed by atoms with Crippen molar-refractivity contribution in [2.75, 3.05) is 19.7 Å². The number of nitrogens with zero attached hydrogens (tertiary/aromatic N) is 1. The van der Waals surface area contributed by atoms with Crippen LogP contribution in [0.25, 0.3) is 0 Å². The molecule has 1 fully saturated rings. The van der Waals surface area contributed by atoms with E-state index in [0.717, 1.165) is 19.5 Å². The Bertz CT molecular complexity index is 141. The number of hydrogen-bond acceptors (Lipinski definition) is 3. The van der Waals surface area contributed by atoms with Gasteiger partial charge in [0.05, 0.1) is 0 Å². The van der Waals surface area contributed by atoms with Crippen molar-refractivity contribution in [3.63, 3.8) is 0 Å². The number of aliphatic hydroxyl groups is 1. The molecule has 3 nitrogen and oxygen atoms in total. The van der Waals surface area contributed by atoms with Crippen molar-refractivity contribution in [1.29, 1.82) is 0 Å². The van der Waals surface area contributed by atoms with Crippen LogP contribution in [0.4, 0.5) is 0 Å². The lowest BCUT2D eigenvalue weighted by atomic mass is 10.1. The molecule has 1 aliphatic carbocycles. The number of rotatable bonds is 5. The molecular formula is C10H22N2O. The molecule has 0 heterocycles. The van der Waals surface area contributed by atoms with E-state index in [1.807, 2.05) is 0 Å². The van der Waals surface area contributed by atoms with Gasteiger partial charge < -0.3 is 10.8 Å². The lowest BCUT2D eigenvalue weighted by Crippen LogP contribution is -2.44. The van der Waals surface area contributed by atoms with Crippen LogP contribution < -0.4 is 5.73 Å². The average molecular weight is 186 g/mol. The van der Waals surface area contributed by atoms with Gasteiger partial charge in [0.2, 0.25) is 0 Å². The predicted octanol–water partition coefficient (Wildman–Crippen LogP) is 0.571. The molecule has 1 aliphatic rings. The van der Waals surface area contributed by atoms with Crippen LogP contribution in [0.15, 0.2) is 0 Å². The van der Waals surface area contributed by atoms with Gasteiger partial charge in [-0.2, -0.15) is 0 Å². The molecule has 0 aromatic rings. The minimum Gasteiger partial charge on any atom is -0.396 e. The Balaban J connectivity index is 2.35. The normalized spacial score (nSPS) is 28.6. The maximum atomic E-state index is 8.76. The molecule has 1 saturated carbocycles. The molecule has 13 heavy (non-hydrogen) atoms. The average Bonchev–Trinajstić information content (AvgIpc) is 2.54. The fourth-order valence-electron chi connectivity index (χ4n) is 2.25. The molecular weight excluding hydrogens is 164 g/mol. The molecule has 2 atom stereocenters. The topological polar surface area (TPSA) is 49.5 Å². The molecule has 0 saturated heterocycles. The predicted molar refractivity (Wildman–Crippen MR) is 54.6 cm³/mol. The Morgan fingerprint density at radius 2 is 2.23 bits per heavy atom. The third-order valence-electron chi connectivity index (χ3n) is 3.01. The van der Waals surface area contributed by atoms with E-state index in [2.05, 4.69) is 11.8 Å². The van der Waals surface area contributed by atoms with Gasteiger partial charge >= 0.3 is 0 Å². The van der Waals surface area contributed by atoms with E-state index in [0.29, 0.717) is 18.7 Å². The molecule has 0 bridgehead atoms. The van der Waals surface area contributed by atoms with Crippen molar-refractivity contribution in [3.8, 4) is 0 Å². The molecule has 78 valence electrons. The van der Waals surface area contributed by atoms with Crippen LogP contribution in [0.2, 0.25) is 0 Å². The first kappa shape index (κ1) is 11.0. The first-order valence-corrected chi connectivity index (χ1v) is 5.40. The van der Waals surface area contributed by atoms with Crippen LogP contribution in [0.5, 0.6) is 0 Å². The van der Waals surface area contributed by atoms with E-state index in [9.17, 15) is 0 Å². The summed E-state index contributed by atoms with van der Waals surface area (Å²) in [5.74, 6) is 0. The molecule has 0 aliphatic heterocycles. The van der Waals surface area contributed by atoms with Crippen molar-refractivity contribution in [2.45, 2.75) is 44.7 Å². The van der Waals surface area contributed by atoms with Crippen molar-refractivity contribution >= 4 is 0 Å². The third-order valence-corrected chi connectivity index (χ3v) is 3.01. The molecule has 2 unspecified atom stereocenters. The fraction of sp³-hybridized carbons (Fsp3) is 1.00. The summed E-state index contributed by atoms with van der Waals surface area (Å²) in [5.41, 5.74) is 6.02. The van der Waals surface area contributed by atoms with Crippen LogP contribution >= 0.6 is 0 Å². The Morgan fingerprint density at radius 3 is 2.69 bits per heavy atom. The lowest BCUT2D eigenvalue weighted by molar-refractivity contribution is 0.172. The monoisotopic (exact) mass is 186 g/mol. The third kappa shape index (κ3) is 2.93. The zero-order valence-electron chi connectivity index (χ0n) is 8.58.